The maximum Gasteiger partial charge on any atom is 0.409 e. The molecule has 1 aromatic carbocycles. The molecule has 4 bridgehead atoms. The first-order valence-corrected chi connectivity index (χ1v) is 26.2. The summed E-state index contributed by atoms with van der Waals surface area (Å²) in [6.07, 6.45) is 1.53. The third-order valence-electron chi connectivity index (χ3n) is 15.1. The lowest BCUT2D eigenvalue weighted by atomic mass is 9.82. The number of hydrogen-bond donors (Lipinski definition) is 5. The average Bonchev–Trinajstić information content (AvgIpc) is 3.87. The first kappa shape index (κ1) is 56.2. The van der Waals surface area contributed by atoms with Crippen LogP contribution in [0.5, 0.6) is 17.5 Å². The van der Waals surface area contributed by atoms with Gasteiger partial charge in [0.2, 0.25) is 17.7 Å². The van der Waals surface area contributed by atoms with Crippen molar-refractivity contribution in [2.45, 2.75) is 151 Å². The molecule has 4 amide bonds. The van der Waals surface area contributed by atoms with Crippen molar-refractivity contribution in [1.82, 2.24) is 19.8 Å². The number of aromatic nitrogens is 1. The first-order chi connectivity index (χ1) is 35.0. The van der Waals surface area contributed by atoms with Gasteiger partial charge >= 0.3 is 18.0 Å². The Morgan fingerprint density at radius 2 is 1.78 bits per heavy atom. The number of anilines is 1. The second-order valence-electron chi connectivity index (χ2n) is 20.2. The number of allylic oxidation sites excluding steroid dienone is 3. The van der Waals surface area contributed by atoms with E-state index in [0.29, 0.717) is 48.4 Å². The number of aromatic hydroxyl groups is 2. The minimum atomic E-state index is -1.88. The number of benzene rings is 1. The van der Waals surface area contributed by atoms with Crippen LogP contribution in [0.4, 0.5) is 10.5 Å². The number of carbonyl (C=O) groups is 6. The number of hydrogen-bond acceptors (Lipinski definition) is 17. The molecule has 1 aromatic heterocycles. The zero-order chi connectivity index (χ0) is 54.0. The molecule has 406 valence electrons. The number of nitrogens with one attached hydrogen (secondary N) is 1. The maximum atomic E-state index is 14.4. The Balaban J connectivity index is 1.01. The number of methoxy groups -OCH3 is 2. The van der Waals surface area contributed by atoms with Crippen LogP contribution in [0, 0.1) is 17.8 Å². The van der Waals surface area contributed by atoms with Gasteiger partial charge in [-0.15, -0.1) is 16.8 Å². The molecule has 1 saturated carbocycles. The van der Waals surface area contributed by atoms with Crippen molar-refractivity contribution < 1.29 is 77.7 Å². The monoisotopic (exact) mass is 1070 g/mol. The number of carbonyl (C=O) groups excluding carboxylic acids is 6. The number of rotatable bonds is 13. The molecule has 74 heavy (non-hydrogen) atoms. The molecule has 9 unspecified atom stereocenters. The van der Waals surface area contributed by atoms with Gasteiger partial charge in [-0.25, -0.2) is 14.4 Å². The standard InChI is InChI=1S/C51H68ClN5O16S/c1-27-10-9-11-37(69-8)51(67)25-35(70-49(66)53-51)28(2)45-50(4,72-45)38(24-42(61)55(6)33-21-31(20-27)22-34(68-7)44(33)52)71-47(64)29(3)54(5)39(58)18-19-74-36-23-43(62)56(46(36)63)26-30-12-14-32(15-13-30)48(65)73-57-40(59)16-17-41(57)60/h9-11,21-23,28-30,32,35,37-38,40,45,59,62-63,67H,12-20,24-26H2,1-8H3,(H,53,66). The van der Waals surface area contributed by atoms with Gasteiger partial charge in [0.05, 0.1) is 36.1 Å². The lowest BCUT2D eigenvalue weighted by Gasteiger charge is -2.42. The van der Waals surface area contributed by atoms with E-state index in [-0.39, 0.29) is 60.7 Å². The van der Waals surface area contributed by atoms with Gasteiger partial charge < -0.3 is 58.7 Å². The van der Waals surface area contributed by atoms with Crippen LogP contribution in [-0.2, 0) is 60.7 Å². The van der Waals surface area contributed by atoms with Gasteiger partial charge in [-0.2, -0.15) is 0 Å². The number of aliphatic hydroxyl groups excluding tert-OH is 1. The molecule has 0 spiro atoms. The summed E-state index contributed by atoms with van der Waals surface area (Å²) in [5.74, 6) is -3.68. The van der Waals surface area contributed by atoms with E-state index in [1.165, 1.54) is 48.6 Å². The lowest BCUT2D eigenvalue weighted by Crippen LogP contribution is -2.63. The van der Waals surface area contributed by atoms with Gasteiger partial charge in [0.25, 0.3) is 5.91 Å². The summed E-state index contributed by atoms with van der Waals surface area (Å²) in [7, 11) is 5.87. The summed E-state index contributed by atoms with van der Waals surface area (Å²) in [6, 6.07) is 3.79. The summed E-state index contributed by atoms with van der Waals surface area (Å²) in [5, 5.41) is 47.2. The third kappa shape index (κ3) is 12.3. The molecule has 7 rings (SSSR count). The van der Waals surface area contributed by atoms with E-state index in [2.05, 4.69) is 5.32 Å². The van der Waals surface area contributed by atoms with Gasteiger partial charge in [0.15, 0.2) is 17.8 Å². The van der Waals surface area contributed by atoms with E-state index in [4.69, 9.17) is 40.1 Å². The van der Waals surface area contributed by atoms with E-state index in [1.54, 1.807) is 45.2 Å². The van der Waals surface area contributed by atoms with Crippen molar-refractivity contribution in [3.63, 3.8) is 0 Å². The molecule has 5 N–H and O–H groups in total. The second-order valence-corrected chi connectivity index (χ2v) is 21.7. The van der Waals surface area contributed by atoms with Crippen molar-refractivity contribution in [3.05, 3.63) is 52.6 Å². The number of epoxide rings is 1. The van der Waals surface area contributed by atoms with E-state index < -0.39 is 102 Å². The minimum Gasteiger partial charge on any atom is -0.495 e. The number of ether oxygens (including phenoxy) is 5. The number of hydroxylamine groups is 2. The van der Waals surface area contributed by atoms with Crippen LogP contribution in [0.3, 0.4) is 0 Å². The molecular weight excluding hydrogens is 1010 g/mol. The Morgan fingerprint density at radius 3 is 2.45 bits per heavy atom. The second kappa shape index (κ2) is 23.2. The summed E-state index contributed by atoms with van der Waals surface area (Å²) in [6.45, 7) is 7.11. The van der Waals surface area contributed by atoms with Gasteiger partial charge in [-0.3, -0.25) is 24.3 Å². The maximum absolute atomic E-state index is 14.4. The minimum absolute atomic E-state index is 0.0105. The molecule has 0 radical (unpaired) electrons. The van der Waals surface area contributed by atoms with Gasteiger partial charge in [0.1, 0.15) is 40.7 Å². The number of aliphatic hydroxyl groups is 2. The smallest absolute Gasteiger partial charge is 0.409 e. The SMILES string of the molecule is COc1cc2cc(c1Cl)N(C)C(=O)CC(OC(=O)C(C)N(C)C(=O)CCSc1cc(O)n(CC3CCC(C(=O)ON4C(=O)CCC4O)CC3)c1O)C1(C)OC1C(C)C1CC(O)(NC(=O)O1)C(OC)C=CC=C(C)C2. The molecule has 5 aliphatic rings. The van der Waals surface area contributed by atoms with Crippen molar-refractivity contribution >= 4 is 64.8 Å². The number of likely N-dealkylation sites (N-methyl/N-ethyl adjacent to an activating group) is 1. The summed E-state index contributed by atoms with van der Waals surface area (Å²) in [4.78, 5) is 87.9. The Hall–Kier alpha value is -5.52. The van der Waals surface area contributed by atoms with Crippen LogP contribution < -0.4 is 15.0 Å². The highest BCUT2D eigenvalue weighted by Gasteiger charge is 2.64. The lowest BCUT2D eigenvalue weighted by molar-refractivity contribution is -0.224. The third-order valence-corrected chi connectivity index (χ3v) is 16.5. The fourth-order valence-electron chi connectivity index (χ4n) is 10.2. The van der Waals surface area contributed by atoms with Crippen LogP contribution in [0.25, 0.3) is 0 Å². The Morgan fingerprint density at radius 1 is 1.07 bits per heavy atom. The van der Waals surface area contributed by atoms with Crippen LogP contribution >= 0.6 is 23.4 Å². The zero-order valence-corrected chi connectivity index (χ0v) is 44.5. The predicted octanol–water partition coefficient (Wildman–Crippen LogP) is 5.12. The number of thioether (sulfide) groups is 1. The fourth-order valence-corrected chi connectivity index (χ4v) is 11.4. The molecule has 23 heteroatoms. The Kier molecular flexibility index (Phi) is 17.6. The van der Waals surface area contributed by atoms with Crippen LogP contribution in [-0.4, -0.2) is 153 Å². The van der Waals surface area contributed by atoms with E-state index in [9.17, 15) is 49.2 Å². The largest absolute Gasteiger partial charge is 0.495 e. The highest BCUT2D eigenvalue weighted by molar-refractivity contribution is 7.99. The van der Waals surface area contributed by atoms with Crippen molar-refractivity contribution in [2.24, 2.45) is 17.8 Å². The fraction of sp³-hybridized carbons (Fsp3) is 0.608. The number of amides is 4. The molecule has 1 aliphatic carbocycles. The summed E-state index contributed by atoms with van der Waals surface area (Å²) >= 11 is 7.96. The number of fused-ring (bicyclic) bond motifs is 5. The normalized spacial score (nSPS) is 29.9. The van der Waals surface area contributed by atoms with Gasteiger partial charge in [-0.05, 0) is 76.5 Å². The molecule has 4 aliphatic heterocycles. The molecule has 2 aromatic rings. The predicted molar refractivity (Wildman–Crippen MR) is 268 cm³/mol. The van der Waals surface area contributed by atoms with Crippen molar-refractivity contribution in [1.29, 1.82) is 0 Å². The van der Waals surface area contributed by atoms with E-state index >= 15 is 0 Å². The topological polar surface area (TPSA) is 269 Å². The number of halogens is 1. The van der Waals surface area contributed by atoms with Crippen LogP contribution in [0.1, 0.15) is 91.0 Å². The molecule has 5 heterocycles. The molecule has 21 nitrogen and oxygen atoms in total. The zero-order valence-electron chi connectivity index (χ0n) is 42.9. The quantitative estimate of drug-likeness (QED) is 0.0990. The highest BCUT2D eigenvalue weighted by atomic mass is 35.5. The Labute approximate surface area is 438 Å². The van der Waals surface area contributed by atoms with Crippen molar-refractivity contribution in [2.75, 3.05) is 39.0 Å². The average molecular weight is 1070 g/mol. The molecule has 3 saturated heterocycles. The highest BCUT2D eigenvalue weighted by Crippen LogP contribution is 2.49. The van der Waals surface area contributed by atoms with Crippen LogP contribution in [0.15, 0.2) is 46.9 Å². The number of nitrogens with zero attached hydrogens (tertiary/aromatic N) is 4. The van der Waals surface area contributed by atoms with Gasteiger partial charge in [-0.1, -0.05) is 42.3 Å². The van der Waals surface area contributed by atoms with Crippen LogP contribution in [0.2, 0.25) is 5.02 Å². The Bertz CT molecular complexity index is 2530. The van der Waals surface area contributed by atoms with E-state index in [1.807, 2.05) is 13.0 Å². The van der Waals surface area contributed by atoms with E-state index in [0.717, 1.165) is 28.0 Å². The number of alkyl carbamates (subject to hydrolysis) is 1. The summed E-state index contributed by atoms with van der Waals surface area (Å²) < 4.78 is 30.8. The molecular formula is C51H68ClN5O16S. The first-order valence-electron chi connectivity index (χ1n) is 24.8. The van der Waals surface area contributed by atoms with Crippen molar-refractivity contribution in [3.8, 4) is 17.5 Å². The molecule has 9 atom stereocenters. The molecule has 4 fully saturated rings. The van der Waals surface area contributed by atoms with Gasteiger partial charge in [0, 0.05) is 71.2 Å². The summed E-state index contributed by atoms with van der Waals surface area (Å²) in [5.41, 5.74) is -1.20. The number of esters is 1.